The van der Waals surface area contributed by atoms with Crippen LogP contribution in [0.2, 0.25) is 0 Å². The van der Waals surface area contributed by atoms with Crippen molar-refractivity contribution in [2.75, 3.05) is 0 Å². The molecule has 6 nitrogen and oxygen atoms in total. The summed E-state index contributed by atoms with van der Waals surface area (Å²) in [6.45, 7) is 1.96. The second-order valence-corrected chi connectivity index (χ2v) is 9.48. The first-order valence-corrected chi connectivity index (χ1v) is 11.3. The zero-order valence-corrected chi connectivity index (χ0v) is 17.0. The van der Waals surface area contributed by atoms with Crippen molar-refractivity contribution in [1.29, 1.82) is 0 Å². The van der Waals surface area contributed by atoms with Gasteiger partial charge in [-0.05, 0) is 49.1 Å². The topological polar surface area (TPSA) is 115 Å². The van der Waals surface area contributed by atoms with Crippen LogP contribution in [0.5, 0.6) is 0 Å². The molecule has 3 rings (SSSR count). The number of carbonyl (C=O) groups excluding carboxylic acids is 1. The average molecular weight is 404 g/mol. The van der Waals surface area contributed by atoms with Gasteiger partial charge in [0.1, 0.15) is 0 Å². The molecular formula is C21H29N3O3S. The van der Waals surface area contributed by atoms with E-state index in [-0.39, 0.29) is 17.2 Å². The highest BCUT2D eigenvalue weighted by Crippen LogP contribution is 2.31. The Morgan fingerprint density at radius 3 is 2.39 bits per heavy atom. The lowest BCUT2D eigenvalue weighted by Crippen LogP contribution is -2.48. The number of hydrogen-bond donors (Lipinski definition) is 3. The molecule has 0 spiro atoms. The molecule has 0 aromatic heterocycles. The van der Waals surface area contributed by atoms with Crippen molar-refractivity contribution in [3.63, 3.8) is 0 Å². The van der Waals surface area contributed by atoms with Crippen molar-refractivity contribution in [2.24, 2.45) is 17.4 Å². The van der Waals surface area contributed by atoms with Gasteiger partial charge in [-0.2, -0.15) is 0 Å². The predicted molar refractivity (Wildman–Crippen MR) is 111 cm³/mol. The number of benzene rings is 2. The minimum absolute atomic E-state index is 0.158. The van der Waals surface area contributed by atoms with E-state index in [2.05, 4.69) is 4.72 Å². The third-order valence-electron chi connectivity index (χ3n) is 5.79. The van der Waals surface area contributed by atoms with Crippen LogP contribution in [-0.4, -0.2) is 26.4 Å². The number of amides is 1. The summed E-state index contributed by atoms with van der Waals surface area (Å²) in [7, 11) is -3.78. The third kappa shape index (κ3) is 4.54. The molecule has 1 aliphatic carbocycles. The van der Waals surface area contributed by atoms with E-state index in [1.807, 2.05) is 37.3 Å². The number of carbonyl (C=O) groups is 1. The average Bonchev–Trinajstić information content (AvgIpc) is 2.68. The van der Waals surface area contributed by atoms with E-state index in [0.29, 0.717) is 5.39 Å². The molecule has 5 N–H and O–H groups in total. The van der Waals surface area contributed by atoms with Gasteiger partial charge in [0.25, 0.3) is 0 Å². The van der Waals surface area contributed by atoms with E-state index < -0.39 is 28.0 Å². The minimum atomic E-state index is -3.78. The summed E-state index contributed by atoms with van der Waals surface area (Å²) in [6.07, 6.45) is 5.33. The molecule has 7 heteroatoms. The zero-order chi connectivity index (χ0) is 20.3. The lowest BCUT2D eigenvalue weighted by Gasteiger charge is -2.32. The Kier molecular flexibility index (Phi) is 6.37. The Labute approximate surface area is 166 Å². The number of sulfonamides is 1. The van der Waals surface area contributed by atoms with Crippen LogP contribution in [0.25, 0.3) is 10.8 Å². The van der Waals surface area contributed by atoms with Gasteiger partial charge in [0.15, 0.2) is 0 Å². The first-order valence-electron chi connectivity index (χ1n) is 9.85. The zero-order valence-electron chi connectivity index (χ0n) is 16.2. The lowest BCUT2D eigenvalue weighted by atomic mass is 9.82. The number of primary amides is 1. The molecule has 1 unspecified atom stereocenters. The molecule has 0 heterocycles. The van der Waals surface area contributed by atoms with Gasteiger partial charge >= 0.3 is 0 Å². The van der Waals surface area contributed by atoms with Gasteiger partial charge in [0, 0.05) is 11.4 Å². The molecular weight excluding hydrogens is 374 g/mol. The number of rotatable bonds is 7. The van der Waals surface area contributed by atoms with Crippen molar-refractivity contribution in [3.8, 4) is 0 Å². The molecule has 0 radical (unpaired) electrons. The number of nitrogens with one attached hydrogen (secondary N) is 1. The van der Waals surface area contributed by atoms with Gasteiger partial charge in [0.05, 0.1) is 10.9 Å². The normalized spacial score (nSPS) is 18.1. The second-order valence-electron chi connectivity index (χ2n) is 7.80. The largest absolute Gasteiger partial charge is 0.368 e. The molecule has 152 valence electrons. The van der Waals surface area contributed by atoms with Gasteiger partial charge in [-0.15, -0.1) is 0 Å². The summed E-state index contributed by atoms with van der Waals surface area (Å²) >= 11 is 0. The van der Waals surface area contributed by atoms with E-state index in [1.165, 1.54) is 0 Å². The lowest BCUT2D eigenvalue weighted by molar-refractivity contribution is -0.119. The first-order chi connectivity index (χ1) is 13.3. The highest BCUT2D eigenvalue weighted by atomic mass is 32.2. The van der Waals surface area contributed by atoms with Crippen LogP contribution in [0, 0.1) is 12.8 Å². The van der Waals surface area contributed by atoms with Crippen LogP contribution in [0.3, 0.4) is 0 Å². The fraction of sp³-hybridized carbons (Fsp3) is 0.476. The van der Waals surface area contributed by atoms with E-state index in [4.69, 9.17) is 11.5 Å². The van der Waals surface area contributed by atoms with Gasteiger partial charge in [0.2, 0.25) is 15.9 Å². The van der Waals surface area contributed by atoms with Crippen LogP contribution in [-0.2, 0) is 14.8 Å². The number of nitrogens with two attached hydrogens (primary N) is 2. The van der Waals surface area contributed by atoms with Crippen molar-refractivity contribution >= 4 is 26.7 Å². The summed E-state index contributed by atoms with van der Waals surface area (Å²) in [4.78, 5) is 11.7. The maximum atomic E-state index is 13.3. The number of fused-ring (bicyclic) bond motifs is 1. The minimum Gasteiger partial charge on any atom is -0.368 e. The molecule has 0 bridgehead atoms. The van der Waals surface area contributed by atoms with Crippen molar-refractivity contribution in [1.82, 2.24) is 4.72 Å². The Balaban J connectivity index is 1.95. The van der Waals surface area contributed by atoms with E-state index in [9.17, 15) is 13.2 Å². The molecule has 1 fully saturated rings. The van der Waals surface area contributed by atoms with Crippen LogP contribution in [0.4, 0.5) is 0 Å². The molecule has 28 heavy (non-hydrogen) atoms. The van der Waals surface area contributed by atoms with Crippen molar-refractivity contribution in [3.05, 3.63) is 42.0 Å². The number of hydrogen-bond acceptors (Lipinski definition) is 4. The Morgan fingerprint density at radius 1 is 1.11 bits per heavy atom. The Morgan fingerprint density at radius 2 is 1.75 bits per heavy atom. The summed E-state index contributed by atoms with van der Waals surface area (Å²) < 4.78 is 29.4. The van der Waals surface area contributed by atoms with Crippen LogP contribution < -0.4 is 16.2 Å². The molecule has 2 aromatic carbocycles. The third-order valence-corrected chi connectivity index (χ3v) is 7.34. The highest BCUT2D eigenvalue weighted by molar-refractivity contribution is 7.89. The van der Waals surface area contributed by atoms with Crippen molar-refractivity contribution < 1.29 is 13.2 Å². The highest BCUT2D eigenvalue weighted by Gasteiger charge is 2.31. The first kappa shape index (κ1) is 20.8. The maximum Gasteiger partial charge on any atom is 0.241 e. The molecule has 0 saturated heterocycles. The Bertz CT molecular complexity index is 953. The van der Waals surface area contributed by atoms with E-state index in [1.54, 1.807) is 6.07 Å². The van der Waals surface area contributed by atoms with Gasteiger partial charge in [-0.3, -0.25) is 4.79 Å². The molecule has 2 atom stereocenters. The SMILES string of the molecule is Cc1ccc(S(=O)(=O)N[C@@H](CC(N)C(N)=O)C2CCCCC2)c2ccccc12. The molecule has 1 aliphatic rings. The Hall–Kier alpha value is -1.96. The van der Waals surface area contributed by atoms with Gasteiger partial charge in [-0.25, -0.2) is 13.1 Å². The predicted octanol–water partition coefficient (Wildman–Crippen LogP) is 2.58. The van der Waals surface area contributed by atoms with Crippen molar-refractivity contribution in [2.45, 2.75) is 62.4 Å². The monoisotopic (exact) mass is 403 g/mol. The second kappa shape index (κ2) is 8.59. The standard InChI is InChI=1S/C21H29N3O3S/c1-14-11-12-20(17-10-6-5-9-16(14)17)28(26,27)24-19(13-18(22)21(23)25)15-7-3-2-4-8-15/h5-6,9-12,15,18-19,24H,2-4,7-8,13,22H2,1H3,(H2,23,25)/t18?,19-/m0/s1. The molecule has 2 aromatic rings. The quantitative estimate of drug-likeness (QED) is 0.659. The van der Waals surface area contributed by atoms with Crippen LogP contribution in [0.15, 0.2) is 41.3 Å². The maximum absolute atomic E-state index is 13.3. The summed E-state index contributed by atoms with van der Waals surface area (Å²) in [5, 5.41) is 1.60. The van der Waals surface area contributed by atoms with E-state index >= 15 is 0 Å². The molecule has 0 aliphatic heterocycles. The molecule has 1 saturated carbocycles. The number of aryl methyl sites for hydroxylation is 1. The van der Waals surface area contributed by atoms with Crippen LogP contribution >= 0.6 is 0 Å². The summed E-state index contributed by atoms with van der Waals surface area (Å²) in [5.74, 6) is -0.452. The summed E-state index contributed by atoms with van der Waals surface area (Å²) in [5.41, 5.74) is 12.2. The fourth-order valence-corrected chi connectivity index (χ4v) is 5.71. The smallest absolute Gasteiger partial charge is 0.241 e. The van der Waals surface area contributed by atoms with Crippen LogP contribution in [0.1, 0.15) is 44.1 Å². The van der Waals surface area contributed by atoms with Gasteiger partial charge < -0.3 is 11.5 Å². The fourth-order valence-electron chi connectivity index (χ4n) is 4.18. The van der Waals surface area contributed by atoms with E-state index in [0.717, 1.165) is 43.1 Å². The van der Waals surface area contributed by atoms with Gasteiger partial charge in [-0.1, -0.05) is 49.6 Å². The molecule has 1 amide bonds. The summed E-state index contributed by atoms with van der Waals surface area (Å²) in [6, 6.07) is 9.66.